The van der Waals surface area contributed by atoms with E-state index in [9.17, 15) is 8.78 Å². The largest absolute Gasteiger partial charge is 0.289 e. The van der Waals surface area contributed by atoms with Gasteiger partial charge in [0.25, 0.3) is 0 Å². The maximum Gasteiger partial charge on any atom is 0.127 e. The zero-order valence-electron chi connectivity index (χ0n) is 12.4. The number of hydrogen-bond acceptors (Lipinski definition) is 3. The molecule has 0 spiro atoms. The molecule has 3 heterocycles. The van der Waals surface area contributed by atoms with Crippen LogP contribution in [0.15, 0.2) is 24.4 Å². The molecule has 2 aromatic rings. The van der Waals surface area contributed by atoms with E-state index in [2.05, 4.69) is 14.9 Å². The number of aromatic nitrogens is 2. The normalized spacial score (nSPS) is 23.6. The molecule has 4 rings (SSSR count). The fraction of sp³-hybridized carbons (Fsp3) is 0.412. The highest BCUT2D eigenvalue weighted by Gasteiger charge is 2.40. The second-order valence-electron chi connectivity index (χ2n) is 6.18. The molecule has 2 atom stereocenters. The van der Waals surface area contributed by atoms with Crippen molar-refractivity contribution < 1.29 is 8.78 Å². The van der Waals surface area contributed by atoms with Gasteiger partial charge in [-0.25, -0.2) is 18.7 Å². The van der Waals surface area contributed by atoms with Gasteiger partial charge in [-0.15, -0.1) is 0 Å². The SMILES string of the molecule is Cc1ncc2c(n1)CC1CCC2N1Cc1cc(F)ccc1F. The van der Waals surface area contributed by atoms with E-state index in [-0.39, 0.29) is 17.7 Å². The third-order valence-corrected chi connectivity index (χ3v) is 4.81. The van der Waals surface area contributed by atoms with E-state index in [1.54, 1.807) is 0 Å². The Bertz CT molecular complexity index is 732. The first-order chi connectivity index (χ1) is 10.6. The Morgan fingerprint density at radius 3 is 3.00 bits per heavy atom. The van der Waals surface area contributed by atoms with Crippen molar-refractivity contribution in [1.29, 1.82) is 0 Å². The first-order valence-electron chi connectivity index (χ1n) is 7.64. The standard InChI is InChI=1S/C17H17F2N3/c1-10-20-8-14-16(21-10)7-13-3-5-17(14)22(13)9-11-6-12(18)2-4-15(11)19/h2,4,6,8,13,17H,3,5,7,9H2,1H3. The van der Waals surface area contributed by atoms with Crippen LogP contribution in [-0.2, 0) is 13.0 Å². The molecule has 22 heavy (non-hydrogen) atoms. The highest BCUT2D eigenvalue weighted by Crippen LogP contribution is 2.43. The molecule has 2 aliphatic heterocycles. The molecule has 3 nitrogen and oxygen atoms in total. The second-order valence-corrected chi connectivity index (χ2v) is 6.18. The Morgan fingerprint density at radius 2 is 2.14 bits per heavy atom. The van der Waals surface area contributed by atoms with Crippen molar-refractivity contribution in [3.05, 3.63) is 58.7 Å². The van der Waals surface area contributed by atoms with Gasteiger partial charge in [-0.3, -0.25) is 4.90 Å². The van der Waals surface area contributed by atoms with E-state index in [0.717, 1.165) is 42.4 Å². The van der Waals surface area contributed by atoms with Gasteiger partial charge in [0.15, 0.2) is 0 Å². The van der Waals surface area contributed by atoms with Crippen LogP contribution in [-0.4, -0.2) is 20.9 Å². The molecule has 0 saturated carbocycles. The number of hydrogen-bond donors (Lipinski definition) is 0. The summed E-state index contributed by atoms with van der Waals surface area (Å²) in [7, 11) is 0. The second kappa shape index (κ2) is 5.09. The summed E-state index contributed by atoms with van der Waals surface area (Å²) in [6.45, 7) is 2.34. The average Bonchev–Trinajstić information content (AvgIpc) is 2.76. The van der Waals surface area contributed by atoms with Gasteiger partial charge in [-0.05, 0) is 38.0 Å². The molecule has 1 saturated heterocycles. The lowest BCUT2D eigenvalue weighted by atomic mass is 9.98. The van der Waals surface area contributed by atoms with Crippen LogP contribution in [0.3, 0.4) is 0 Å². The molecule has 0 radical (unpaired) electrons. The summed E-state index contributed by atoms with van der Waals surface area (Å²) >= 11 is 0. The monoisotopic (exact) mass is 301 g/mol. The quantitative estimate of drug-likeness (QED) is 0.852. The van der Waals surface area contributed by atoms with E-state index < -0.39 is 0 Å². The van der Waals surface area contributed by atoms with E-state index in [1.807, 2.05) is 13.1 Å². The summed E-state index contributed by atoms with van der Waals surface area (Å²) in [5, 5.41) is 0. The van der Waals surface area contributed by atoms with Gasteiger partial charge in [0.2, 0.25) is 0 Å². The van der Waals surface area contributed by atoms with Crippen molar-refractivity contribution in [3.8, 4) is 0 Å². The summed E-state index contributed by atoms with van der Waals surface area (Å²) in [5.74, 6) is 0.0645. The maximum atomic E-state index is 13.9. The first-order valence-corrected chi connectivity index (χ1v) is 7.64. The van der Waals surface area contributed by atoms with Gasteiger partial charge >= 0.3 is 0 Å². The van der Waals surface area contributed by atoms with Crippen LogP contribution in [0, 0.1) is 18.6 Å². The number of aryl methyl sites for hydroxylation is 1. The summed E-state index contributed by atoms with van der Waals surface area (Å²) in [6, 6.07) is 4.24. The van der Waals surface area contributed by atoms with Crippen LogP contribution in [0.1, 0.15) is 41.5 Å². The highest BCUT2D eigenvalue weighted by molar-refractivity contribution is 5.29. The van der Waals surface area contributed by atoms with Crippen LogP contribution in [0.5, 0.6) is 0 Å². The number of rotatable bonds is 2. The maximum absolute atomic E-state index is 13.9. The molecule has 2 bridgehead atoms. The van der Waals surface area contributed by atoms with E-state index >= 15 is 0 Å². The van der Waals surface area contributed by atoms with Crippen molar-refractivity contribution in [2.75, 3.05) is 0 Å². The average molecular weight is 301 g/mol. The number of benzene rings is 1. The smallest absolute Gasteiger partial charge is 0.127 e. The third-order valence-electron chi connectivity index (χ3n) is 4.81. The zero-order chi connectivity index (χ0) is 15.3. The van der Waals surface area contributed by atoms with Crippen molar-refractivity contribution in [2.45, 2.75) is 44.8 Å². The third kappa shape index (κ3) is 2.20. The van der Waals surface area contributed by atoms with E-state index in [1.165, 1.54) is 12.1 Å². The predicted molar refractivity (Wildman–Crippen MR) is 78.1 cm³/mol. The van der Waals surface area contributed by atoms with Crippen LogP contribution < -0.4 is 0 Å². The van der Waals surface area contributed by atoms with Crippen molar-refractivity contribution in [1.82, 2.24) is 14.9 Å². The molecule has 114 valence electrons. The molecule has 1 aromatic carbocycles. The lowest BCUT2D eigenvalue weighted by molar-refractivity contribution is 0.163. The minimum atomic E-state index is -0.389. The number of nitrogens with zero attached hydrogens (tertiary/aromatic N) is 3. The minimum Gasteiger partial charge on any atom is -0.289 e. The van der Waals surface area contributed by atoms with Crippen molar-refractivity contribution in [2.24, 2.45) is 0 Å². The number of fused-ring (bicyclic) bond motifs is 4. The fourth-order valence-electron chi connectivity index (χ4n) is 3.78. The molecule has 2 aliphatic rings. The molecule has 5 heteroatoms. The Kier molecular flexibility index (Phi) is 3.18. The lowest BCUT2D eigenvalue weighted by Crippen LogP contribution is -2.37. The van der Waals surface area contributed by atoms with E-state index in [4.69, 9.17) is 0 Å². The van der Waals surface area contributed by atoms with Crippen LogP contribution in [0.4, 0.5) is 8.78 Å². The molecule has 0 N–H and O–H groups in total. The van der Waals surface area contributed by atoms with Gasteiger partial charge in [0.05, 0.1) is 5.69 Å². The topological polar surface area (TPSA) is 29.0 Å². The Hall–Kier alpha value is -1.88. The Labute approximate surface area is 128 Å². The number of halogens is 2. The van der Waals surface area contributed by atoms with Gasteiger partial charge < -0.3 is 0 Å². The van der Waals surface area contributed by atoms with E-state index in [0.29, 0.717) is 18.2 Å². The predicted octanol–water partition coefficient (Wildman–Crippen LogP) is 3.33. The summed E-state index contributed by atoms with van der Waals surface area (Å²) in [6.07, 6.45) is 4.86. The van der Waals surface area contributed by atoms with Crippen molar-refractivity contribution in [3.63, 3.8) is 0 Å². The van der Waals surface area contributed by atoms with Gasteiger partial charge in [-0.1, -0.05) is 0 Å². The molecule has 1 aromatic heterocycles. The summed E-state index contributed by atoms with van der Waals surface area (Å²) < 4.78 is 27.3. The molecule has 1 fully saturated rings. The molecular weight excluding hydrogens is 284 g/mol. The Balaban J connectivity index is 1.67. The molecule has 2 unspecified atom stereocenters. The van der Waals surface area contributed by atoms with Gasteiger partial charge in [0, 0.05) is 42.4 Å². The molecule has 0 amide bonds. The summed E-state index contributed by atoms with van der Waals surface area (Å²) in [5.41, 5.74) is 2.69. The van der Waals surface area contributed by atoms with Crippen LogP contribution >= 0.6 is 0 Å². The van der Waals surface area contributed by atoms with Crippen LogP contribution in [0.2, 0.25) is 0 Å². The fourth-order valence-corrected chi connectivity index (χ4v) is 3.78. The first kappa shape index (κ1) is 13.8. The van der Waals surface area contributed by atoms with Gasteiger partial charge in [-0.2, -0.15) is 0 Å². The molecule has 0 aliphatic carbocycles. The van der Waals surface area contributed by atoms with Crippen molar-refractivity contribution >= 4 is 0 Å². The minimum absolute atomic E-state index is 0.219. The highest BCUT2D eigenvalue weighted by atomic mass is 19.1. The Morgan fingerprint density at radius 1 is 1.27 bits per heavy atom. The molecular formula is C17H17F2N3. The van der Waals surface area contributed by atoms with Crippen LogP contribution in [0.25, 0.3) is 0 Å². The lowest BCUT2D eigenvalue weighted by Gasteiger charge is -2.35. The van der Waals surface area contributed by atoms with Gasteiger partial charge in [0.1, 0.15) is 17.5 Å². The zero-order valence-corrected chi connectivity index (χ0v) is 12.4. The summed E-state index contributed by atoms with van der Waals surface area (Å²) in [4.78, 5) is 11.1.